The average molecular weight is 388 g/mol. The molecule has 134 valence electrons. The molecular formula is C18H18ClN5OS. The van der Waals surface area contributed by atoms with Crippen molar-refractivity contribution in [3.8, 4) is 11.3 Å². The first-order valence-electron chi connectivity index (χ1n) is 8.49. The number of aromatic nitrogens is 3. The number of carbonyl (C=O) groups excluding carboxylic acids is 1. The van der Waals surface area contributed by atoms with Crippen molar-refractivity contribution in [2.24, 2.45) is 0 Å². The van der Waals surface area contributed by atoms with Gasteiger partial charge in [-0.3, -0.25) is 15.2 Å². The second-order valence-corrected chi connectivity index (χ2v) is 7.66. The molecule has 1 aliphatic rings. The topological polar surface area (TPSA) is 82.7 Å². The van der Waals surface area contributed by atoms with E-state index in [0.29, 0.717) is 27.5 Å². The molecule has 0 radical (unpaired) electrons. The predicted molar refractivity (Wildman–Crippen MR) is 104 cm³/mol. The molecule has 1 saturated heterocycles. The summed E-state index contributed by atoms with van der Waals surface area (Å²) in [5.74, 6) is 0.264. The fourth-order valence-corrected chi connectivity index (χ4v) is 4.26. The van der Waals surface area contributed by atoms with E-state index < -0.39 is 0 Å². The number of amides is 1. The molecule has 4 rings (SSSR count). The SMILES string of the molecule is O=C(Nc1ncc(C2CCNCC2)s1)c1cc(-c2ccccc2Cl)n[nH]1. The molecule has 0 unspecified atom stereocenters. The number of halogens is 1. The molecule has 0 bridgehead atoms. The molecule has 0 aliphatic carbocycles. The number of H-pyrrole nitrogens is 1. The first kappa shape index (κ1) is 17.2. The van der Waals surface area contributed by atoms with Crippen molar-refractivity contribution < 1.29 is 4.79 Å². The molecule has 1 aliphatic heterocycles. The van der Waals surface area contributed by atoms with E-state index in [2.05, 4.69) is 25.8 Å². The second-order valence-electron chi connectivity index (χ2n) is 6.19. The fraction of sp³-hybridized carbons (Fsp3) is 0.278. The van der Waals surface area contributed by atoms with E-state index in [0.717, 1.165) is 31.5 Å². The number of aromatic amines is 1. The van der Waals surface area contributed by atoms with E-state index in [-0.39, 0.29) is 5.91 Å². The summed E-state index contributed by atoms with van der Waals surface area (Å²) in [5.41, 5.74) is 1.79. The van der Waals surface area contributed by atoms with Gasteiger partial charge in [0.05, 0.1) is 10.7 Å². The number of anilines is 1. The van der Waals surface area contributed by atoms with Crippen LogP contribution in [0.3, 0.4) is 0 Å². The van der Waals surface area contributed by atoms with Crippen molar-refractivity contribution in [2.45, 2.75) is 18.8 Å². The molecule has 1 aromatic carbocycles. The lowest BCUT2D eigenvalue weighted by atomic mass is 9.97. The van der Waals surface area contributed by atoms with E-state index in [9.17, 15) is 4.79 Å². The highest BCUT2D eigenvalue weighted by Gasteiger charge is 2.19. The molecule has 0 saturated carbocycles. The highest BCUT2D eigenvalue weighted by molar-refractivity contribution is 7.15. The number of benzene rings is 1. The Morgan fingerprint density at radius 2 is 2.08 bits per heavy atom. The van der Waals surface area contributed by atoms with Crippen LogP contribution in [-0.2, 0) is 0 Å². The number of thiazole rings is 1. The van der Waals surface area contributed by atoms with Gasteiger partial charge in [0.25, 0.3) is 5.91 Å². The van der Waals surface area contributed by atoms with E-state index in [1.807, 2.05) is 24.4 Å². The Balaban J connectivity index is 1.46. The van der Waals surface area contributed by atoms with Crippen LogP contribution in [0.1, 0.15) is 34.1 Å². The lowest BCUT2D eigenvalue weighted by Crippen LogP contribution is -2.26. The van der Waals surface area contributed by atoms with Gasteiger partial charge in [-0.05, 0) is 44.0 Å². The average Bonchev–Trinajstić information content (AvgIpc) is 3.33. The zero-order valence-electron chi connectivity index (χ0n) is 14.0. The zero-order chi connectivity index (χ0) is 17.9. The van der Waals surface area contributed by atoms with Crippen LogP contribution in [0.4, 0.5) is 5.13 Å². The second kappa shape index (κ2) is 7.57. The largest absolute Gasteiger partial charge is 0.317 e. The quantitative estimate of drug-likeness (QED) is 0.633. The molecule has 26 heavy (non-hydrogen) atoms. The summed E-state index contributed by atoms with van der Waals surface area (Å²) in [4.78, 5) is 18.0. The van der Waals surface area contributed by atoms with Gasteiger partial charge in [-0.2, -0.15) is 5.10 Å². The third kappa shape index (κ3) is 3.65. The van der Waals surface area contributed by atoms with Crippen LogP contribution >= 0.6 is 22.9 Å². The van der Waals surface area contributed by atoms with Crippen LogP contribution in [0.5, 0.6) is 0 Å². The van der Waals surface area contributed by atoms with Gasteiger partial charge in [0.1, 0.15) is 5.69 Å². The molecular weight excluding hydrogens is 370 g/mol. The predicted octanol–water partition coefficient (Wildman–Crippen LogP) is 3.91. The van der Waals surface area contributed by atoms with Crippen LogP contribution in [0.2, 0.25) is 5.02 Å². The maximum atomic E-state index is 12.5. The molecule has 0 spiro atoms. The van der Waals surface area contributed by atoms with Crippen LogP contribution < -0.4 is 10.6 Å². The summed E-state index contributed by atoms with van der Waals surface area (Å²) in [7, 11) is 0. The highest BCUT2D eigenvalue weighted by atomic mass is 35.5. The van der Waals surface area contributed by atoms with Crippen molar-refractivity contribution in [3.05, 3.63) is 52.1 Å². The number of nitrogens with zero attached hydrogens (tertiary/aromatic N) is 2. The first-order chi connectivity index (χ1) is 12.7. The van der Waals surface area contributed by atoms with E-state index in [1.54, 1.807) is 23.5 Å². The summed E-state index contributed by atoms with van der Waals surface area (Å²) in [6, 6.07) is 9.09. The van der Waals surface area contributed by atoms with Gasteiger partial charge in [-0.15, -0.1) is 11.3 Å². The maximum absolute atomic E-state index is 12.5. The van der Waals surface area contributed by atoms with Crippen molar-refractivity contribution in [1.29, 1.82) is 0 Å². The lowest BCUT2D eigenvalue weighted by Gasteiger charge is -2.20. The number of piperidine rings is 1. The van der Waals surface area contributed by atoms with Crippen LogP contribution in [0, 0.1) is 0 Å². The van der Waals surface area contributed by atoms with Crippen molar-refractivity contribution in [1.82, 2.24) is 20.5 Å². The minimum atomic E-state index is -0.262. The number of hydrogen-bond donors (Lipinski definition) is 3. The summed E-state index contributed by atoms with van der Waals surface area (Å²) >= 11 is 7.73. The van der Waals surface area contributed by atoms with Crippen LogP contribution in [0.25, 0.3) is 11.3 Å². The molecule has 8 heteroatoms. The molecule has 3 heterocycles. The zero-order valence-corrected chi connectivity index (χ0v) is 15.5. The van der Waals surface area contributed by atoms with Crippen LogP contribution in [0.15, 0.2) is 36.5 Å². The molecule has 3 aromatic rings. The Bertz CT molecular complexity index is 916. The smallest absolute Gasteiger partial charge is 0.275 e. The minimum Gasteiger partial charge on any atom is -0.317 e. The van der Waals surface area contributed by atoms with Gasteiger partial charge >= 0.3 is 0 Å². The molecule has 2 aromatic heterocycles. The molecule has 3 N–H and O–H groups in total. The Kier molecular flexibility index (Phi) is 5.01. The Hall–Kier alpha value is -2.22. The lowest BCUT2D eigenvalue weighted by molar-refractivity contribution is 0.102. The number of nitrogens with one attached hydrogen (secondary N) is 3. The fourth-order valence-electron chi connectivity index (χ4n) is 3.05. The van der Waals surface area contributed by atoms with Gasteiger partial charge in [0.2, 0.25) is 0 Å². The highest BCUT2D eigenvalue weighted by Crippen LogP contribution is 2.32. The van der Waals surface area contributed by atoms with Crippen LogP contribution in [-0.4, -0.2) is 34.2 Å². The Labute approximate surface area is 160 Å². The maximum Gasteiger partial charge on any atom is 0.275 e. The van der Waals surface area contributed by atoms with E-state index >= 15 is 0 Å². The summed E-state index contributed by atoms with van der Waals surface area (Å²) in [5, 5.41) is 14.4. The minimum absolute atomic E-state index is 0.262. The van der Waals surface area contributed by atoms with Crippen molar-refractivity contribution in [2.75, 3.05) is 18.4 Å². The number of rotatable bonds is 4. The summed E-state index contributed by atoms with van der Waals surface area (Å²) in [6.07, 6.45) is 4.09. The normalized spacial score (nSPS) is 15.1. The molecule has 0 atom stereocenters. The summed E-state index contributed by atoms with van der Waals surface area (Å²) < 4.78 is 0. The monoisotopic (exact) mass is 387 g/mol. The third-order valence-corrected chi connectivity index (χ3v) is 5.86. The van der Waals surface area contributed by atoms with E-state index in [1.165, 1.54) is 4.88 Å². The van der Waals surface area contributed by atoms with Gasteiger partial charge in [-0.25, -0.2) is 4.98 Å². The van der Waals surface area contributed by atoms with Gasteiger partial charge in [0.15, 0.2) is 5.13 Å². The Morgan fingerprint density at radius 1 is 1.27 bits per heavy atom. The van der Waals surface area contributed by atoms with Gasteiger partial charge < -0.3 is 5.32 Å². The summed E-state index contributed by atoms with van der Waals surface area (Å²) in [6.45, 7) is 2.06. The number of carbonyl (C=O) groups is 1. The first-order valence-corrected chi connectivity index (χ1v) is 9.68. The van der Waals surface area contributed by atoms with Gasteiger partial charge in [0, 0.05) is 16.6 Å². The van der Waals surface area contributed by atoms with Crippen molar-refractivity contribution >= 4 is 34.0 Å². The number of hydrogen-bond acceptors (Lipinski definition) is 5. The Morgan fingerprint density at radius 3 is 2.88 bits per heavy atom. The molecule has 6 nitrogen and oxygen atoms in total. The molecule has 1 fully saturated rings. The van der Waals surface area contributed by atoms with Gasteiger partial charge in [-0.1, -0.05) is 29.8 Å². The van der Waals surface area contributed by atoms with Crippen molar-refractivity contribution in [3.63, 3.8) is 0 Å². The van der Waals surface area contributed by atoms with E-state index in [4.69, 9.17) is 11.6 Å². The molecule has 1 amide bonds. The standard InChI is InChI=1S/C18H18ClN5OS/c19-13-4-2-1-3-12(13)14-9-15(24-23-14)17(25)22-18-21-10-16(26-18)11-5-7-20-8-6-11/h1-4,9-11,20H,5-8H2,(H,23,24)(H,21,22,25). The third-order valence-electron chi connectivity index (χ3n) is 4.46.